The molecule has 0 aromatic heterocycles. The summed E-state index contributed by atoms with van der Waals surface area (Å²) in [5.74, 6) is 0.907. The van der Waals surface area contributed by atoms with Crippen LogP contribution in [0, 0.1) is 26.7 Å². The first kappa shape index (κ1) is 26.9. The van der Waals surface area contributed by atoms with Gasteiger partial charge in [0.15, 0.2) is 0 Å². The van der Waals surface area contributed by atoms with E-state index in [2.05, 4.69) is 6.92 Å². The van der Waals surface area contributed by atoms with Gasteiger partial charge >= 0.3 is 0 Å². The van der Waals surface area contributed by atoms with Crippen molar-refractivity contribution < 1.29 is 21.6 Å². The Hall–Kier alpha value is -2.14. The number of piperidine rings is 1. The number of rotatable bonds is 6. The molecule has 0 aliphatic carbocycles. The Morgan fingerprint density at radius 3 is 2.06 bits per heavy atom. The van der Waals surface area contributed by atoms with Crippen molar-refractivity contribution >= 4 is 25.7 Å². The van der Waals surface area contributed by atoms with Crippen LogP contribution in [0.15, 0.2) is 40.1 Å². The zero-order chi connectivity index (χ0) is 26.3. The normalized spacial score (nSPS) is 20.5. The van der Waals surface area contributed by atoms with Gasteiger partial charge < -0.3 is 9.64 Å². The molecule has 0 unspecified atom stereocenters. The number of nitrogens with zero attached hydrogens (tertiary/aromatic N) is 3. The highest BCUT2D eigenvalue weighted by molar-refractivity contribution is 7.89. The van der Waals surface area contributed by atoms with Crippen molar-refractivity contribution in [3.05, 3.63) is 47.0 Å². The third kappa shape index (κ3) is 5.14. The summed E-state index contributed by atoms with van der Waals surface area (Å²) < 4.78 is 62.4. The molecule has 198 valence electrons. The molecule has 2 aromatic carbocycles. The van der Waals surface area contributed by atoms with Gasteiger partial charge in [0.25, 0.3) is 0 Å². The number of anilines is 1. The SMILES string of the molecule is COc1ccc(S(=O)(=O)N2CCC[C@H](C)C2)cc1N1CCN(S(=O)(=O)c2c(C)cc(C)cc2C)CC1. The van der Waals surface area contributed by atoms with Crippen LogP contribution in [-0.2, 0) is 20.0 Å². The number of ether oxygens (including phenoxy) is 1. The van der Waals surface area contributed by atoms with Gasteiger partial charge in [-0.05, 0) is 68.9 Å². The van der Waals surface area contributed by atoms with Crippen LogP contribution < -0.4 is 9.64 Å². The average molecular weight is 536 g/mol. The summed E-state index contributed by atoms with van der Waals surface area (Å²) in [6.45, 7) is 10.2. The van der Waals surface area contributed by atoms with E-state index in [0.29, 0.717) is 61.5 Å². The predicted octanol–water partition coefficient (Wildman–Crippen LogP) is 3.55. The van der Waals surface area contributed by atoms with Crippen molar-refractivity contribution in [1.82, 2.24) is 8.61 Å². The van der Waals surface area contributed by atoms with E-state index >= 15 is 0 Å². The molecule has 0 saturated carbocycles. The lowest BCUT2D eigenvalue weighted by atomic mass is 10.0. The molecule has 1 atom stereocenters. The summed E-state index contributed by atoms with van der Waals surface area (Å²) in [7, 11) is -5.70. The molecule has 0 bridgehead atoms. The number of hydrogen-bond acceptors (Lipinski definition) is 6. The van der Waals surface area contributed by atoms with E-state index in [0.717, 1.165) is 29.5 Å². The summed E-state index contributed by atoms with van der Waals surface area (Å²) in [5, 5.41) is 0. The second kappa shape index (κ2) is 10.3. The zero-order valence-electron chi connectivity index (χ0n) is 21.8. The van der Waals surface area contributed by atoms with Crippen LogP contribution in [0.4, 0.5) is 5.69 Å². The molecule has 2 aliphatic rings. The minimum atomic E-state index is -3.64. The number of piperazine rings is 1. The molecule has 2 aromatic rings. The molecule has 2 heterocycles. The predicted molar refractivity (Wildman–Crippen MR) is 142 cm³/mol. The third-order valence-corrected chi connectivity index (χ3v) is 11.3. The van der Waals surface area contributed by atoms with Crippen LogP contribution >= 0.6 is 0 Å². The fourth-order valence-corrected chi connectivity index (χ4v) is 8.92. The molecule has 36 heavy (non-hydrogen) atoms. The van der Waals surface area contributed by atoms with Crippen LogP contribution in [0.25, 0.3) is 0 Å². The van der Waals surface area contributed by atoms with E-state index < -0.39 is 20.0 Å². The summed E-state index contributed by atoms with van der Waals surface area (Å²) >= 11 is 0. The van der Waals surface area contributed by atoms with Crippen LogP contribution in [0.5, 0.6) is 5.75 Å². The molecule has 2 saturated heterocycles. The number of hydrogen-bond donors (Lipinski definition) is 0. The van der Waals surface area contributed by atoms with E-state index in [1.54, 1.807) is 29.6 Å². The molecule has 0 spiro atoms. The third-order valence-electron chi connectivity index (χ3n) is 7.19. The minimum Gasteiger partial charge on any atom is -0.495 e. The van der Waals surface area contributed by atoms with Gasteiger partial charge in [-0.1, -0.05) is 24.6 Å². The Bertz CT molecular complexity index is 1310. The van der Waals surface area contributed by atoms with Crippen molar-refractivity contribution in [2.75, 3.05) is 51.3 Å². The Labute approximate surface area is 216 Å². The Morgan fingerprint density at radius 2 is 1.47 bits per heavy atom. The van der Waals surface area contributed by atoms with Crippen molar-refractivity contribution in [3.63, 3.8) is 0 Å². The maximum Gasteiger partial charge on any atom is 0.243 e. The molecule has 2 aliphatic heterocycles. The van der Waals surface area contributed by atoms with Crippen LogP contribution in [0.3, 0.4) is 0 Å². The van der Waals surface area contributed by atoms with Gasteiger partial charge in [-0.3, -0.25) is 0 Å². The standard InChI is InChI=1S/C26H37N3O5S2/c1-19-7-6-10-29(18-19)35(30,31)23-8-9-25(34-5)24(17-23)27-11-13-28(14-12-27)36(32,33)26-21(3)15-20(2)16-22(26)4/h8-9,15-17,19H,6-7,10-14,18H2,1-5H3/t19-/m0/s1. The number of benzene rings is 2. The van der Waals surface area contributed by atoms with Crippen LogP contribution in [-0.4, -0.2) is 71.8 Å². The van der Waals surface area contributed by atoms with Gasteiger partial charge in [0.1, 0.15) is 5.75 Å². The highest BCUT2D eigenvalue weighted by Crippen LogP contribution is 2.34. The molecule has 0 N–H and O–H groups in total. The van der Waals surface area contributed by atoms with E-state index in [1.807, 2.05) is 37.8 Å². The second-order valence-electron chi connectivity index (χ2n) is 10.1. The molecule has 2 fully saturated rings. The first-order valence-electron chi connectivity index (χ1n) is 12.5. The average Bonchev–Trinajstić information content (AvgIpc) is 2.83. The lowest BCUT2D eigenvalue weighted by Crippen LogP contribution is -2.49. The molecular weight excluding hydrogens is 498 g/mol. The van der Waals surface area contributed by atoms with Gasteiger partial charge in [0, 0.05) is 39.3 Å². The number of aryl methyl sites for hydroxylation is 3. The van der Waals surface area contributed by atoms with Crippen molar-refractivity contribution in [1.29, 1.82) is 0 Å². The first-order valence-corrected chi connectivity index (χ1v) is 15.3. The molecule has 8 nitrogen and oxygen atoms in total. The molecule has 0 radical (unpaired) electrons. The van der Waals surface area contributed by atoms with E-state index in [-0.39, 0.29) is 4.90 Å². The molecular formula is C26H37N3O5S2. The van der Waals surface area contributed by atoms with Crippen LogP contribution in [0.1, 0.15) is 36.5 Å². The van der Waals surface area contributed by atoms with Gasteiger partial charge in [-0.2, -0.15) is 8.61 Å². The molecule has 10 heteroatoms. The minimum absolute atomic E-state index is 0.244. The van der Waals surface area contributed by atoms with Gasteiger partial charge in [-0.15, -0.1) is 0 Å². The number of methoxy groups -OCH3 is 1. The summed E-state index contributed by atoms with van der Waals surface area (Å²) in [5.41, 5.74) is 3.21. The maximum absolute atomic E-state index is 13.5. The van der Waals surface area contributed by atoms with E-state index in [4.69, 9.17) is 4.74 Å². The van der Waals surface area contributed by atoms with Gasteiger partial charge in [-0.25, -0.2) is 16.8 Å². The van der Waals surface area contributed by atoms with Crippen molar-refractivity contribution in [3.8, 4) is 5.75 Å². The second-order valence-corrected chi connectivity index (χ2v) is 13.9. The topological polar surface area (TPSA) is 87.2 Å². The Morgan fingerprint density at radius 1 is 0.833 bits per heavy atom. The fourth-order valence-electron chi connectivity index (χ4n) is 5.46. The molecule has 0 amide bonds. The van der Waals surface area contributed by atoms with Crippen molar-refractivity contribution in [2.24, 2.45) is 5.92 Å². The van der Waals surface area contributed by atoms with Gasteiger partial charge in [0.05, 0.1) is 22.6 Å². The number of sulfonamides is 2. The smallest absolute Gasteiger partial charge is 0.243 e. The Balaban J connectivity index is 1.57. The van der Waals surface area contributed by atoms with Crippen LogP contribution in [0.2, 0.25) is 0 Å². The summed E-state index contributed by atoms with van der Waals surface area (Å²) in [6.07, 6.45) is 1.90. The summed E-state index contributed by atoms with van der Waals surface area (Å²) in [6, 6.07) is 8.76. The lowest BCUT2D eigenvalue weighted by molar-refractivity contribution is 0.281. The zero-order valence-corrected chi connectivity index (χ0v) is 23.5. The van der Waals surface area contributed by atoms with Gasteiger partial charge in [0.2, 0.25) is 20.0 Å². The first-order chi connectivity index (χ1) is 16.9. The lowest BCUT2D eigenvalue weighted by Gasteiger charge is -2.36. The Kier molecular flexibility index (Phi) is 7.71. The molecule has 4 rings (SSSR count). The largest absolute Gasteiger partial charge is 0.495 e. The quantitative estimate of drug-likeness (QED) is 0.562. The highest BCUT2D eigenvalue weighted by atomic mass is 32.2. The summed E-state index contributed by atoms with van der Waals surface area (Å²) in [4.78, 5) is 2.63. The monoisotopic (exact) mass is 535 g/mol. The highest BCUT2D eigenvalue weighted by Gasteiger charge is 2.33. The van der Waals surface area contributed by atoms with Crippen molar-refractivity contribution in [2.45, 2.75) is 50.3 Å². The van der Waals surface area contributed by atoms with E-state index in [1.165, 1.54) is 4.31 Å². The van der Waals surface area contributed by atoms with E-state index in [9.17, 15) is 16.8 Å². The maximum atomic E-state index is 13.5. The fraction of sp³-hybridized carbons (Fsp3) is 0.538.